The average Bonchev–Trinajstić information content (AvgIpc) is 3.93. The van der Waals surface area contributed by atoms with Gasteiger partial charge in [0.05, 0.1) is 5.52 Å². The van der Waals surface area contributed by atoms with Crippen LogP contribution in [0.15, 0.2) is 174 Å². The highest BCUT2D eigenvalue weighted by Crippen LogP contribution is 2.44. The molecule has 252 valence electrons. The number of rotatable bonds is 4. The maximum Gasteiger partial charge on any atom is 0.143 e. The van der Waals surface area contributed by atoms with E-state index in [1.165, 1.54) is 64.3 Å². The molecule has 0 spiro atoms. The van der Waals surface area contributed by atoms with Gasteiger partial charge >= 0.3 is 0 Å². The van der Waals surface area contributed by atoms with E-state index < -0.39 is 0 Å². The number of hydrogen-bond donors (Lipinski definition) is 1. The first-order chi connectivity index (χ1) is 26.3. The number of fused-ring (bicyclic) bond motifs is 9. The monoisotopic (exact) mass is 697 g/mol. The van der Waals surface area contributed by atoms with Crippen molar-refractivity contribution in [1.82, 2.24) is 4.98 Å². The third-order valence-corrected chi connectivity index (χ3v) is 11.6. The van der Waals surface area contributed by atoms with Crippen molar-refractivity contribution in [2.45, 2.75) is 13.8 Å². The van der Waals surface area contributed by atoms with Crippen LogP contribution in [-0.4, -0.2) is 4.98 Å². The van der Waals surface area contributed by atoms with E-state index in [1.807, 2.05) is 37.3 Å². The molecule has 0 saturated carbocycles. The third kappa shape index (κ3) is 5.08. The zero-order valence-electron chi connectivity index (χ0n) is 29.5. The minimum atomic E-state index is 0.915. The lowest BCUT2D eigenvalue weighted by Gasteiger charge is -2.13. The van der Waals surface area contributed by atoms with Crippen molar-refractivity contribution in [3.63, 3.8) is 0 Å². The van der Waals surface area contributed by atoms with Crippen LogP contribution in [-0.2, 0) is 0 Å². The largest absolute Gasteiger partial charge is 0.455 e. The molecule has 0 saturated heterocycles. The van der Waals surface area contributed by atoms with Crippen molar-refractivity contribution in [1.29, 1.82) is 0 Å². The van der Waals surface area contributed by atoms with Crippen LogP contribution >= 0.6 is 11.3 Å². The van der Waals surface area contributed by atoms with Gasteiger partial charge in [0.2, 0.25) is 0 Å². The van der Waals surface area contributed by atoms with Crippen LogP contribution in [0, 0.1) is 0 Å². The zero-order valence-corrected chi connectivity index (χ0v) is 30.3. The lowest BCUT2D eigenvalue weighted by molar-refractivity contribution is 0.670. The van der Waals surface area contributed by atoms with Crippen LogP contribution < -0.4 is 0 Å². The molecule has 53 heavy (non-hydrogen) atoms. The Bertz CT molecular complexity index is 3140. The third-order valence-electron chi connectivity index (χ3n) is 10.4. The number of hydrogen-bond acceptors (Lipinski definition) is 2. The minimum absolute atomic E-state index is 0.915. The van der Waals surface area contributed by atoms with Crippen LogP contribution in [0.25, 0.3) is 108 Å². The summed E-state index contributed by atoms with van der Waals surface area (Å²) >= 11 is 1.88. The van der Waals surface area contributed by atoms with E-state index in [4.69, 9.17) is 4.42 Å². The Balaban J connectivity index is 0.00000172. The molecule has 3 heterocycles. The fourth-order valence-corrected chi connectivity index (χ4v) is 9.25. The summed E-state index contributed by atoms with van der Waals surface area (Å²) in [5.41, 5.74) is 13.6. The van der Waals surface area contributed by atoms with Crippen LogP contribution in [0.5, 0.6) is 0 Å². The maximum absolute atomic E-state index is 6.43. The summed E-state index contributed by atoms with van der Waals surface area (Å²) in [6.45, 7) is 4.00. The van der Waals surface area contributed by atoms with Gasteiger partial charge in [-0.2, -0.15) is 0 Å². The van der Waals surface area contributed by atoms with E-state index in [1.54, 1.807) is 0 Å². The molecule has 3 aromatic heterocycles. The number of para-hydroxylation sites is 3. The molecule has 0 bridgehead atoms. The van der Waals surface area contributed by atoms with Crippen molar-refractivity contribution < 1.29 is 4.42 Å². The van der Waals surface area contributed by atoms with Crippen LogP contribution in [0.3, 0.4) is 0 Å². The minimum Gasteiger partial charge on any atom is -0.455 e. The van der Waals surface area contributed by atoms with Gasteiger partial charge in [-0.25, -0.2) is 0 Å². The maximum atomic E-state index is 6.43. The smallest absolute Gasteiger partial charge is 0.143 e. The van der Waals surface area contributed by atoms with E-state index in [2.05, 4.69) is 163 Å². The van der Waals surface area contributed by atoms with Crippen molar-refractivity contribution in [3.05, 3.63) is 170 Å². The van der Waals surface area contributed by atoms with Crippen LogP contribution in [0.4, 0.5) is 0 Å². The lowest BCUT2D eigenvalue weighted by Crippen LogP contribution is -1.87. The fraction of sp³-hybridized carbons (Fsp3) is 0.0400. The standard InChI is InChI=1S/C48H29NOS.C2H6/c1-2-11-29(12-3-1)31-25-32(27-33(26-31)36-17-10-20-41-38-14-5-7-22-45(38)51-48(36)41)34-15-8-18-39-42-28-30(23-24-43(42)49-46(34)39)35-16-9-19-40-37-13-4-6-21-44(37)50-47(35)40;1-2/h1-28,49H;1-2H3. The first kappa shape index (κ1) is 31.3. The SMILES string of the molecule is CC.c1ccc(-c2cc(-c3cccc4c3[nH]c3ccc(-c5cccc6c5oc5ccccc56)cc34)cc(-c3cccc4c3sc3ccccc34)c2)cc1. The zero-order chi connectivity index (χ0) is 35.5. The molecule has 0 aliphatic heterocycles. The number of aromatic nitrogens is 1. The highest BCUT2D eigenvalue weighted by molar-refractivity contribution is 7.26. The molecule has 0 atom stereocenters. The Morgan fingerprint density at radius 3 is 1.91 bits per heavy atom. The topological polar surface area (TPSA) is 28.9 Å². The molecule has 0 aliphatic carbocycles. The van der Waals surface area contributed by atoms with Gasteiger partial charge in [-0.15, -0.1) is 11.3 Å². The molecule has 0 amide bonds. The second-order valence-corrected chi connectivity index (χ2v) is 14.4. The summed E-state index contributed by atoms with van der Waals surface area (Å²) in [7, 11) is 0. The number of benzene rings is 8. The van der Waals surface area contributed by atoms with Gasteiger partial charge in [0.15, 0.2) is 0 Å². The molecule has 3 heteroatoms. The average molecular weight is 698 g/mol. The van der Waals surface area contributed by atoms with Gasteiger partial charge in [-0.3, -0.25) is 0 Å². The molecule has 11 aromatic rings. The first-order valence-electron chi connectivity index (χ1n) is 18.3. The summed E-state index contributed by atoms with van der Waals surface area (Å²) in [6.07, 6.45) is 0. The van der Waals surface area contributed by atoms with Gasteiger partial charge in [0.1, 0.15) is 11.2 Å². The van der Waals surface area contributed by atoms with E-state index in [9.17, 15) is 0 Å². The van der Waals surface area contributed by atoms with Crippen molar-refractivity contribution >= 4 is 75.3 Å². The molecule has 0 aliphatic rings. The Morgan fingerprint density at radius 1 is 0.415 bits per heavy atom. The van der Waals surface area contributed by atoms with Gasteiger partial charge in [-0.05, 0) is 75.8 Å². The summed E-state index contributed by atoms with van der Waals surface area (Å²) in [5, 5.41) is 7.33. The van der Waals surface area contributed by atoms with E-state index in [0.29, 0.717) is 0 Å². The number of aromatic amines is 1. The summed E-state index contributed by atoms with van der Waals surface area (Å²) < 4.78 is 9.07. The predicted molar refractivity (Wildman–Crippen MR) is 229 cm³/mol. The summed E-state index contributed by atoms with van der Waals surface area (Å²) in [5.74, 6) is 0. The quantitative estimate of drug-likeness (QED) is 0.195. The van der Waals surface area contributed by atoms with E-state index in [-0.39, 0.29) is 0 Å². The summed E-state index contributed by atoms with van der Waals surface area (Å²) in [6, 6.07) is 61.4. The second kappa shape index (κ2) is 12.7. The lowest BCUT2D eigenvalue weighted by atomic mass is 9.92. The van der Waals surface area contributed by atoms with Crippen molar-refractivity contribution in [2.75, 3.05) is 0 Å². The molecule has 1 N–H and O–H groups in total. The van der Waals surface area contributed by atoms with Gasteiger partial charge < -0.3 is 9.40 Å². The van der Waals surface area contributed by atoms with Gasteiger partial charge in [-0.1, -0.05) is 141 Å². The number of H-pyrrole nitrogens is 1. The van der Waals surface area contributed by atoms with E-state index in [0.717, 1.165) is 44.1 Å². The first-order valence-corrected chi connectivity index (χ1v) is 19.2. The molecule has 11 rings (SSSR count). The Labute approximate surface area is 311 Å². The molecule has 8 aromatic carbocycles. The molecule has 0 fully saturated rings. The second-order valence-electron chi connectivity index (χ2n) is 13.3. The molecular weight excluding hydrogens is 663 g/mol. The van der Waals surface area contributed by atoms with Crippen LogP contribution in [0.2, 0.25) is 0 Å². The molecular formula is C50H35NOS. The highest BCUT2D eigenvalue weighted by Gasteiger charge is 2.17. The van der Waals surface area contributed by atoms with E-state index >= 15 is 0 Å². The predicted octanol–water partition coefficient (Wildman–Crippen LogP) is 15.3. The normalized spacial score (nSPS) is 11.6. The Kier molecular flexibility index (Phi) is 7.48. The van der Waals surface area contributed by atoms with Gasteiger partial charge in [0, 0.05) is 58.4 Å². The highest BCUT2D eigenvalue weighted by atomic mass is 32.1. The molecule has 0 radical (unpaired) electrons. The molecule has 2 nitrogen and oxygen atoms in total. The van der Waals surface area contributed by atoms with Crippen LogP contribution in [0.1, 0.15) is 13.8 Å². The molecule has 0 unspecified atom stereocenters. The summed E-state index contributed by atoms with van der Waals surface area (Å²) in [4.78, 5) is 3.83. The Morgan fingerprint density at radius 2 is 1.06 bits per heavy atom. The fourth-order valence-electron chi connectivity index (χ4n) is 8.02. The number of nitrogens with one attached hydrogen (secondary N) is 1. The van der Waals surface area contributed by atoms with Crippen molar-refractivity contribution in [2.24, 2.45) is 0 Å². The number of furan rings is 1. The number of thiophene rings is 1. The Hall–Kier alpha value is -6.42. The van der Waals surface area contributed by atoms with Gasteiger partial charge in [0.25, 0.3) is 0 Å². The van der Waals surface area contributed by atoms with Crippen molar-refractivity contribution in [3.8, 4) is 44.5 Å².